The fourth-order valence-corrected chi connectivity index (χ4v) is 4.91. The first-order valence-electron chi connectivity index (χ1n) is 10.3. The molecule has 2 atom stereocenters. The first kappa shape index (κ1) is 22.3. The number of nitrogens with one attached hydrogen (secondary N) is 2. The molecule has 1 aromatic carbocycles. The standard InChI is InChI=1S/C22H24N4O5S/c1-26(8-9-27)21(30)15-4-2-14(3-5-15)19(28)25-22-24-17-18(32-22)16(12-23-20(17)29)13-6-10-31-11-7-13/h2-6,12,17-18,27H,7-11H2,1H3,(H,23,29)(H,24,25,28). The number of hydrogen-bond acceptors (Lipinski definition) is 7. The number of amidine groups is 1. The van der Waals surface area contributed by atoms with Gasteiger partial charge in [0, 0.05) is 30.9 Å². The molecule has 168 valence electrons. The van der Waals surface area contributed by atoms with Crippen LogP contribution >= 0.6 is 11.8 Å². The summed E-state index contributed by atoms with van der Waals surface area (Å²) in [5.41, 5.74) is 2.93. The lowest BCUT2D eigenvalue weighted by molar-refractivity contribution is -0.121. The van der Waals surface area contributed by atoms with E-state index in [1.807, 2.05) is 6.08 Å². The Morgan fingerprint density at radius 3 is 2.75 bits per heavy atom. The molecule has 2 unspecified atom stereocenters. The summed E-state index contributed by atoms with van der Waals surface area (Å²) in [6.45, 7) is 1.29. The summed E-state index contributed by atoms with van der Waals surface area (Å²) in [6.07, 6.45) is 4.52. The monoisotopic (exact) mass is 456 g/mol. The minimum atomic E-state index is -0.596. The first-order valence-corrected chi connectivity index (χ1v) is 11.2. The van der Waals surface area contributed by atoms with Gasteiger partial charge in [-0.1, -0.05) is 17.8 Å². The van der Waals surface area contributed by atoms with E-state index < -0.39 is 6.04 Å². The molecule has 9 nitrogen and oxygen atoms in total. The molecule has 3 aliphatic rings. The van der Waals surface area contributed by atoms with Crippen LogP contribution in [-0.4, -0.2) is 77.6 Å². The van der Waals surface area contributed by atoms with Crippen molar-refractivity contribution in [3.05, 3.63) is 58.8 Å². The lowest BCUT2D eigenvalue weighted by atomic mass is 9.93. The average molecular weight is 457 g/mol. The zero-order valence-electron chi connectivity index (χ0n) is 17.5. The lowest BCUT2D eigenvalue weighted by Crippen LogP contribution is -2.41. The molecule has 3 aliphatic heterocycles. The van der Waals surface area contributed by atoms with Gasteiger partial charge in [0.25, 0.3) is 11.8 Å². The topological polar surface area (TPSA) is 120 Å². The number of likely N-dealkylation sites (N-methyl/N-ethyl adjacent to an activating group) is 1. The molecule has 0 saturated carbocycles. The van der Waals surface area contributed by atoms with Crippen molar-refractivity contribution in [3.8, 4) is 0 Å². The van der Waals surface area contributed by atoms with Crippen molar-refractivity contribution in [1.29, 1.82) is 0 Å². The van der Waals surface area contributed by atoms with Crippen molar-refractivity contribution in [2.75, 3.05) is 33.4 Å². The molecular weight excluding hydrogens is 432 g/mol. The first-order chi connectivity index (χ1) is 15.5. The SMILES string of the molecule is CN(CCO)C(=O)c1ccc(C(=O)NC2=NC3C(=O)NC=C(C4=CCOCC4)C3S2)cc1. The van der Waals surface area contributed by atoms with Gasteiger partial charge in [-0.25, -0.2) is 4.99 Å². The lowest BCUT2D eigenvalue weighted by Gasteiger charge is -2.27. The number of fused-ring (bicyclic) bond motifs is 1. The van der Waals surface area contributed by atoms with Gasteiger partial charge in [-0.3, -0.25) is 14.4 Å². The van der Waals surface area contributed by atoms with E-state index in [0.717, 1.165) is 17.6 Å². The van der Waals surface area contributed by atoms with Gasteiger partial charge in [-0.05, 0) is 41.8 Å². The summed E-state index contributed by atoms with van der Waals surface area (Å²) in [7, 11) is 1.60. The number of ether oxygens (including phenoxy) is 1. The van der Waals surface area contributed by atoms with Crippen molar-refractivity contribution >= 4 is 34.7 Å². The molecule has 3 heterocycles. The van der Waals surface area contributed by atoms with E-state index >= 15 is 0 Å². The molecule has 0 saturated heterocycles. The number of benzene rings is 1. The van der Waals surface area contributed by atoms with Crippen LogP contribution in [0.2, 0.25) is 0 Å². The van der Waals surface area contributed by atoms with Crippen LogP contribution in [0, 0.1) is 0 Å². The van der Waals surface area contributed by atoms with E-state index in [1.54, 1.807) is 37.5 Å². The third-order valence-corrected chi connectivity index (χ3v) is 6.65. The van der Waals surface area contributed by atoms with E-state index in [4.69, 9.17) is 9.84 Å². The molecule has 0 aromatic heterocycles. The van der Waals surface area contributed by atoms with Gasteiger partial charge in [0.1, 0.15) is 6.04 Å². The molecule has 0 radical (unpaired) electrons. The summed E-state index contributed by atoms with van der Waals surface area (Å²) < 4.78 is 5.38. The number of hydrogen-bond donors (Lipinski definition) is 3. The number of thioether (sulfide) groups is 1. The van der Waals surface area contributed by atoms with Gasteiger partial charge in [-0.2, -0.15) is 0 Å². The fraction of sp³-hybridized carbons (Fsp3) is 0.364. The molecule has 3 N–H and O–H groups in total. The third-order valence-electron chi connectivity index (χ3n) is 5.46. The van der Waals surface area contributed by atoms with Gasteiger partial charge in [0.2, 0.25) is 5.91 Å². The van der Waals surface area contributed by atoms with Crippen LogP contribution in [-0.2, 0) is 9.53 Å². The van der Waals surface area contributed by atoms with Crippen LogP contribution in [0.25, 0.3) is 0 Å². The van der Waals surface area contributed by atoms with E-state index in [-0.39, 0.29) is 36.1 Å². The summed E-state index contributed by atoms with van der Waals surface area (Å²) in [6, 6.07) is 5.67. The number of aliphatic hydroxyl groups excluding tert-OH is 1. The predicted octanol–water partition coefficient (Wildman–Crippen LogP) is 0.681. The number of nitrogens with zero attached hydrogens (tertiary/aromatic N) is 2. The number of amides is 3. The van der Waals surface area contributed by atoms with Crippen LogP contribution in [0.1, 0.15) is 27.1 Å². The van der Waals surface area contributed by atoms with Crippen molar-refractivity contribution in [2.24, 2.45) is 4.99 Å². The normalized spacial score (nSPS) is 22.2. The highest BCUT2D eigenvalue weighted by Gasteiger charge is 2.41. The average Bonchev–Trinajstić information content (AvgIpc) is 3.24. The van der Waals surface area contributed by atoms with E-state index in [0.29, 0.717) is 29.5 Å². The second-order valence-electron chi connectivity index (χ2n) is 7.56. The highest BCUT2D eigenvalue weighted by molar-refractivity contribution is 8.15. The van der Waals surface area contributed by atoms with E-state index in [1.165, 1.54) is 16.7 Å². The van der Waals surface area contributed by atoms with E-state index in [9.17, 15) is 14.4 Å². The molecule has 3 amide bonds. The van der Waals surface area contributed by atoms with E-state index in [2.05, 4.69) is 15.6 Å². The minimum absolute atomic E-state index is 0.121. The Bertz CT molecular complexity index is 1020. The Hall–Kier alpha value is -2.95. The summed E-state index contributed by atoms with van der Waals surface area (Å²) >= 11 is 1.36. The second-order valence-corrected chi connectivity index (χ2v) is 8.69. The Kier molecular flexibility index (Phi) is 6.73. The molecule has 1 aromatic rings. The highest BCUT2D eigenvalue weighted by atomic mass is 32.2. The van der Waals surface area contributed by atoms with Gasteiger partial charge in [-0.15, -0.1) is 0 Å². The Labute approximate surface area is 189 Å². The second kappa shape index (κ2) is 9.68. The van der Waals surface area contributed by atoms with Crippen molar-refractivity contribution in [1.82, 2.24) is 15.5 Å². The molecule has 32 heavy (non-hydrogen) atoms. The molecular formula is C22H24N4O5S. The number of rotatable bonds is 5. The molecule has 0 spiro atoms. The molecule has 0 bridgehead atoms. The Morgan fingerprint density at radius 2 is 2.06 bits per heavy atom. The third kappa shape index (κ3) is 4.62. The number of carbonyl (C=O) groups excluding carboxylic acids is 3. The largest absolute Gasteiger partial charge is 0.395 e. The van der Waals surface area contributed by atoms with Gasteiger partial charge < -0.3 is 25.4 Å². The zero-order chi connectivity index (χ0) is 22.7. The minimum Gasteiger partial charge on any atom is -0.395 e. The maximum atomic E-state index is 12.7. The number of aliphatic hydroxyl groups is 1. The quantitative estimate of drug-likeness (QED) is 0.599. The van der Waals surface area contributed by atoms with Crippen LogP contribution < -0.4 is 10.6 Å². The number of carbonyl (C=O) groups is 3. The van der Waals surface area contributed by atoms with Gasteiger partial charge in [0.15, 0.2) is 5.17 Å². The van der Waals surface area contributed by atoms with Crippen LogP contribution in [0.5, 0.6) is 0 Å². The summed E-state index contributed by atoms with van der Waals surface area (Å²) in [4.78, 5) is 43.2. The smallest absolute Gasteiger partial charge is 0.257 e. The highest BCUT2D eigenvalue weighted by Crippen LogP contribution is 2.38. The van der Waals surface area contributed by atoms with Crippen molar-refractivity contribution < 1.29 is 24.2 Å². The maximum Gasteiger partial charge on any atom is 0.257 e. The summed E-state index contributed by atoms with van der Waals surface area (Å²) in [5.74, 6) is -0.801. The van der Waals surface area contributed by atoms with Crippen LogP contribution in [0.4, 0.5) is 0 Å². The fourth-order valence-electron chi connectivity index (χ4n) is 3.69. The Balaban J connectivity index is 1.43. The summed E-state index contributed by atoms with van der Waals surface area (Å²) in [5, 5.41) is 14.7. The molecule has 0 aliphatic carbocycles. The predicted molar refractivity (Wildman–Crippen MR) is 120 cm³/mol. The van der Waals surface area contributed by atoms with Crippen LogP contribution in [0.3, 0.4) is 0 Å². The van der Waals surface area contributed by atoms with Gasteiger partial charge >= 0.3 is 0 Å². The van der Waals surface area contributed by atoms with Crippen molar-refractivity contribution in [2.45, 2.75) is 17.7 Å². The van der Waals surface area contributed by atoms with Crippen LogP contribution in [0.15, 0.2) is 52.7 Å². The number of aliphatic imine (C=N–C) groups is 1. The molecule has 0 fully saturated rings. The van der Waals surface area contributed by atoms with Crippen molar-refractivity contribution in [3.63, 3.8) is 0 Å². The van der Waals surface area contributed by atoms with Gasteiger partial charge in [0.05, 0.1) is 25.1 Å². The maximum absolute atomic E-state index is 12.7. The Morgan fingerprint density at radius 1 is 1.31 bits per heavy atom. The molecule has 10 heteroatoms. The molecule has 4 rings (SSSR count). The zero-order valence-corrected chi connectivity index (χ0v) is 18.4.